The number of rotatable bonds is 6. The number of hydrogen-bond donors (Lipinski definition) is 2. The van der Waals surface area contributed by atoms with E-state index >= 15 is 0 Å². The summed E-state index contributed by atoms with van der Waals surface area (Å²) in [6.45, 7) is 4.26. The first-order chi connectivity index (χ1) is 8.65. The van der Waals surface area contributed by atoms with Gasteiger partial charge in [0.2, 0.25) is 5.91 Å². The summed E-state index contributed by atoms with van der Waals surface area (Å²) in [6.07, 6.45) is 10.8. The lowest BCUT2D eigenvalue weighted by Gasteiger charge is -2.25. The van der Waals surface area contributed by atoms with Crippen molar-refractivity contribution in [1.29, 1.82) is 0 Å². The van der Waals surface area contributed by atoms with E-state index in [1.807, 2.05) is 0 Å². The van der Waals surface area contributed by atoms with Crippen LogP contribution in [-0.2, 0) is 4.79 Å². The second-order valence-electron chi connectivity index (χ2n) is 5.80. The van der Waals surface area contributed by atoms with Crippen molar-refractivity contribution in [2.75, 3.05) is 0 Å². The summed E-state index contributed by atoms with van der Waals surface area (Å²) in [5.41, 5.74) is 5.90. The van der Waals surface area contributed by atoms with Gasteiger partial charge in [-0.3, -0.25) is 4.79 Å². The van der Waals surface area contributed by atoms with Crippen LogP contribution in [0.1, 0.15) is 71.6 Å². The number of amides is 1. The normalized spacial score (nSPS) is 21.1. The first-order valence-corrected chi connectivity index (χ1v) is 7.71. The summed E-state index contributed by atoms with van der Waals surface area (Å²) in [5.74, 6) is 0.690. The van der Waals surface area contributed by atoms with E-state index in [4.69, 9.17) is 5.73 Å². The maximum atomic E-state index is 12.0. The Morgan fingerprint density at radius 1 is 1.28 bits per heavy atom. The van der Waals surface area contributed by atoms with E-state index in [9.17, 15) is 4.79 Å². The van der Waals surface area contributed by atoms with Gasteiger partial charge >= 0.3 is 0 Å². The number of carbonyl (C=O) groups excluding carboxylic acids is 1. The largest absolute Gasteiger partial charge is 0.352 e. The molecule has 3 nitrogen and oxygen atoms in total. The second kappa shape index (κ2) is 8.52. The van der Waals surface area contributed by atoms with Gasteiger partial charge in [0.25, 0.3) is 0 Å². The standard InChI is InChI=1S/C15H30N2O/c1-3-4-11-14(16)15(18)17-12(2)13-9-7-5-6-8-10-13/h12-14H,3-11,16H2,1-2H3,(H,17,18)/t12-,14?/m0/s1. The van der Waals surface area contributed by atoms with Crippen molar-refractivity contribution in [1.82, 2.24) is 5.32 Å². The van der Waals surface area contributed by atoms with Crippen LogP contribution in [0.2, 0.25) is 0 Å². The van der Waals surface area contributed by atoms with Crippen molar-refractivity contribution in [3.8, 4) is 0 Å². The Morgan fingerprint density at radius 3 is 2.44 bits per heavy atom. The van der Waals surface area contributed by atoms with Gasteiger partial charge in [-0.25, -0.2) is 0 Å². The van der Waals surface area contributed by atoms with Crippen molar-refractivity contribution in [3.63, 3.8) is 0 Å². The lowest BCUT2D eigenvalue weighted by molar-refractivity contribution is -0.123. The molecule has 1 amide bonds. The highest BCUT2D eigenvalue weighted by molar-refractivity contribution is 5.81. The minimum atomic E-state index is -0.321. The maximum absolute atomic E-state index is 12.0. The molecular weight excluding hydrogens is 224 g/mol. The van der Waals surface area contributed by atoms with Crippen LogP contribution in [0.25, 0.3) is 0 Å². The molecule has 106 valence electrons. The molecule has 0 aliphatic heterocycles. The third-order valence-electron chi connectivity index (χ3n) is 4.18. The number of hydrogen-bond acceptors (Lipinski definition) is 2. The zero-order valence-corrected chi connectivity index (χ0v) is 12.1. The molecular formula is C15H30N2O. The van der Waals surface area contributed by atoms with Gasteiger partial charge in [0, 0.05) is 6.04 Å². The highest BCUT2D eigenvalue weighted by atomic mass is 16.2. The van der Waals surface area contributed by atoms with Crippen LogP contribution >= 0.6 is 0 Å². The van der Waals surface area contributed by atoms with Crippen LogP contribution in [0.4, 0.5) is 0 Å². The Balaban J connectivity index is 2.32. The van der Waals surface area contributed by atoms with Crippen molar-refractivity contribution in [3.05, 3.63) is 0 Å². The van der Waals surface area contributed by atoms with Gasteiger partial charge in [-0.05, 0) is 32.1 Å². The summed E-state index contributed by atoms with van der Waals surface area (Å²) >= 11 is 0. The smallest absolute Gasteiger partial charge is 0.237 e. The number of nitrogens with one attached hydrogen (secondary N) is 1. The third-order valence-corrected chi connectivity index (χ3v) is 4.18. The molecule has 1 aliphatic rings. The first kappa shape index (κ1) is 15.5. The van der Waals surface area contributed by atoms with E-state index in [2.05, 4.69) is 19.2 Å². The number of carbonyl (C=O) groups is 1. The molecule has 0 aromatic carbocycles. The molecule has 0 heterocycles. The fourth-order valence-corrected chi connectivity index (χ4v) is 2.82. The zero-order chi connectivity index (χ0) is 13.4. The molecule has 1 unspecified atom stereocenters. The average Bonchev–Trinajstić information content (AvgIpc) is 2.64. The molecule has 0 radical (unpaired) electrons. The predicted octanol–water partition coefficient (Wildman–Crippen LogP) is 2.98. The second-order valence-corrected chi connectivity index (χ2v) is 5.80. The first-order valence-electron chi connectivity index (χ1n) is 7.71. The van der Waals surface area contributed by atoms with Crippen LogP contribution in [0.5, 0.6) is 0 Å². The van der Waals surface area contributed by atoms with E-state index in [1.165, 1.54) is 38.5 Å². The van der Waals surface area contributed by atoms with Gasteiger partial charge in [-0.2, -0.15) is 0 Å². The molecule has 3 heteroatoms. The average molecular weight is 254 g/mol. The van der Waals surface area contributed by atoms with E-state index in [0.29, 0.717) is 5.92 Å². The highest BCUT2D eigenvalue weighted by Crippen LogP contribution is 2.25. The molecule has 1 aliphatic carbocycles. The molecule has 0 aromatic heterocycles. The van der Waals surface area contributed by atoms with E-state index in [-0.39, 0.29) is 18.0 Å². The van der Waals surface area contributed by atoms with Gasteiger partial charge in [-0.15, -0.1) is 0 Å². The summed E-state index contributed by atoms with van der Waals surface area (Å²) in [6, 6.07) is -0.0403. The Labute approximate surface area is 112 Å². The van der Waals surface area contributed by atoms with Crippen molar-refractivity contribution in [2.45, 2.75) is 83.7 Å². The summed E-state index contributed by atoms with van der Waals surface area (Å²) in [4.78, 5) is 12.0. The van der Waals surface area contributed by atoms with Crippen LogP contribution in [0.15, 0.2) is 0 Å². The molecule has 18 heavy (non-hydrogen) atoms. The molecule has 1 saturated carbocycles. The zero-order valence-electron chi connectivity index (χ0n) is 12.1. The molecule has 0 bridgehead atoms. The van der Waals surface area contributed by atoms with E-state index in [1.54, 1.807) is 0 Å². The minimum Gasteiger partial charge on any atom is -0.352 e. The Kier molecular flexibility index (Phi) is 7.33. The number of unbranched alkanes of at least 4 members (excludes halogenated alkanes) is 1. The molecule has 1 fully saturated rings. The summed E-state index contributed by atoms with van der Waals surface area (Å²) in [7, 11) is 0. The van der Waals surface area contributed by atoms with Crippen LogP contribution < -0.4 is 11.1 Å². The maximum Gasteiger partial charge on any atom is 0.237 e. The minimum absolute atomic E-state index is 0.0418. The molecule has 0 aromatic rings. The molecule has 1 rings (SSSR count). The van der Waals surface area contributed by atoms with E-state index in [0.717, 1.165) is 19.3 Å². The van der Waals surface area contributed by atoms with Crippen molar-refractivity contribution < 1.29 is 4.79 Å². The van der Waals surface area contributed by atoms with Gasteiger partial charge < -0.3 is 11.1 Å². The fourth-order valence-electron chi connectivity index (χ4n) is 2.82. The fraction of sp³-hybridized carbons (Fsp3) is 0.933. The lowest BCUT2D eigenvalue weighted by atomic mass is 9.92. The lowest BCUT2D eigenvalue weighted by Crippen LogP contribution is -2.46. The Morgan fingerprint density at radius 2 is 1.89 bits per heavy atom. The topological polar surface area (TPSA) is 55.1 Å². The quantitative estimate of drug-likeness (QED) is 0.716. The molecule has 3 N–H and O–H groups in total. The van der Waals surface area contributed by atoms with Crippen molar-refractivity contribution in [2.24, 2.45) is 11.7 Å². The van der Waals surface area contributed by atoms with Crippen LogP contribution in [-0.4, -0.2) is 18.0 Å². The Bertz CT molecular complexity index is 235. The highest BCUT2D eigenvalue weighted by Gasteiger charge is 2.22. The summed E-state index contributed by atoms with van der Waals surface area (Å²) < 4.78 is 0. The Hall–Kier alpha value is -0.570. The summed E-state index contributed by atoms with van der Waals surface area (Å²) in [5, 5.41) is 3.12. The SMILES string of the molecule is CCCCC(N)C(=O)N[C@@H](C)C1CCCCCC1. The number of nitrogens with two attached hydrogens (primary N) is 1. The predicted molar refractivity (Wildman–Crippen MR) is 76.3 cm³/mol. The molecule has 0 saturated heterocycles. The molecule has 0 spiro atoms. The third kappa shape index (κ3) is 5.38. The van der Waals surface area contributed by atoms with Gasteiger partial charge in [0.1, 0.15) is 0 Å². The van der Waals surface area contributed by atoms with Gasteiger partial charge in [0.05, 0.1) is 6.04 Å². The van der Waals surface area contributed by atoms with Crippen LogP contribution in [0.3, 0.4) is 0 Å². The van der Waals surface area contributed by atoms with Crippen molar-refractivity contribution >= 4 is 5.91 Å². The van der Waals surface area contributed by atoms with Crippen LogP contribution in [0, 0.1) is 5.92 Å². The monoisotopic (exact) mass is 254 g/mol. The van der Waals surface area contributed by atoms with E-state index < -0.39 is 0 Å². The van der Waals surface area contributed by atoms with Gasteiger partial charge in [-0.1, -0.05) is 45.4 Å². The molecule has 2 atom stereocenters. The van der Waals surface area contributed by atoms with Gasteiger partial charge in [0.15, 0.2) is 0 Å².